The molecule has 0 aliphatic heterocycles. The summed E-state index contributed by atoms with van der Waals surface area (Å²) in [6, 6.07) is 2.63. The van der Waals surface area contributed by atoms with Crippen molar-refractivity contribution in [3.8, 4) is 11.8 Å². The summed E-state index contributed by atoms with van der Waals surface area (Å²) >= 11 is 7.30. The first-order chi connectivity index (χ1) is 21.5. The lowest BCUT2D eigenvalue weighted by Crippen LogP contribution is -2.46. The van der Waals surface area contributed by atoms with Crippen molar-refractivity contribution in [2.75, 3.05) is 19.4 Å². The van der Waals surface area contributed by atoms with E-state index in [1.165, 1.54) is 24.7 Å². The number of halogens is 1. The van der Waals surface area contributed by atoms with Crippen LogP contribution in [0.3, 0.4) is 0 Å². The van der Waals surface area contributed by atoms with Gasteiger partial charge in [-0.15, -0.1) is 11.3 Å². The van der Waals surface area contributed by atoms with Gasteiger partial charge in [0.1, 0.15) is 0 Å². The Hall–Kier alpha value is -4.75. The van der Waals surface area contributed by atoms with Crippen LogP contribution in [0.4, 0.5) is 5.82 Å². The van der Waals surface area contributed by atoms with Crippen LogP contribution in [0.15, 0.2) is 18.5 Å². The Labute approximate surface area is 264 Å². The number of hydrogen-bond donors (Lipinski definition) is 4. The molecular formula is C28H27ClN6O9S. The number of aromatic nitrogens is 4. The molecule has 17 heteroatoms. The predicted octanol–water partition coefficient (Wildman–Crippen LogP) is 1.84. The number of carbonyl (C=O) groups is 5. The van der Waals surface area contributed by atoms with Gasteiger partial charge < -0.3 is 34.9 Å². The average Bonchev–Trinajstić information content (AvgIpc) is 3.23. The van der Waals surface area contributed by atoms with Crippen molar-refractivity contribution >= 4 is 69.7 Å². The monoisotopic (exact) mass is 658 g/mol. The minimum Gasteiger partial charge on any atom is -0.481 e. The first-order valence-electron chi connectivity index (χ1n) is 13.7. The van der Waals surface area contributed by atoms with E-state index in [2.05, 4.69) is 37.4 Å². The van der Waals surface area contributed by atoms with Crippen LogP contribution in [-0.2, 0) is 33.4 Å². The molecule has 0 bridgehead atoms. The molecule has 2 aliphatic rings. The van der Waals surface area contributed by atoms with Crippen molar-refractivity contribution in [3.63, 3.8) is 0 Å². The van der Waals surface area contributed by atoms with Gasteiger partial charge in [-0.25, -0.2) is 15.0 Å². The molecule has 3 heterocycles. The number of nitrogens with zero attached hydrogens (tertiary/aromatic N) is 4. The normalized spacial score (nSPS) is 22.9. The van der Waals surface area contributed by atoms with Crippen LogP contribution in [0.5, 0.6) is 0 Å². The SMILES string of the molecule is CNC(=O)[C@@]12CC1[C@@H](n1cnc3c(NC)nc(C#Cc4ccc(Cl)s4)nc31)[C@H](OC(=O)CCC(=O)O)[C@@H]2OC(=O)CCC(=O)O. The van der Waals surface area contributed by atoms with Crippen molar-refractivity contribution in [2.45, 2.75) is 50.4 Å². The summed E-state index contributed by atoms with van der Waals surface area (Å²) in [7, 11) is 3.06. The number of carboxylic acid groups (broad SMARTS) is 2. The first-order valence-corrected chi connectivity index (χ1v) is 14.9. The number of imidazole rings is 1. The van der Waals surface area contributed by atoms with Gasteiger partial charge in [-0.3, -0.25) is 24.0 Å². The summed E-state index contributed by atoms with van der Waals surface area (Å²) in [6.45, 7) is 0. The van der Waals surface area contributed by atoms with Crippen LogP contribution in [0.2, 0.25) is 4.34 Å². The van der Waals surface area contributed by atoms with Crippen LogP contribution in [0.25, 0.3) is 11.2 Å². The third kappa shape index (κ3) is 6.26. The number of anilines is 1. The maximum atomic E-state index is 13.3. The quantitative estimate of drug-likeness (QED) is 0.171. The molecule has 0 saturated heterocycles. The number of amides is 1. The maximum Gasteiger partial charge on any atom is 0.306 e. The number of carbonyl (C=O) groups excluding carboxylic acids is 3. The third-order valence-corrected chi connectivity index (χ3v) is 8.87. The van der Waals surface area contributed by atoms with Crippen LogP contribution >= 0.6 is 22.9 Å². The Morgan fingerprint density at radius 1 is 1.04 bits per heavy atom. The van der Waals surface area contributed by atoms with Gasteiger partial charge in [0.25, 0.3) is 0 Å². The first kappa shape index (κ1) is 31.7. The minimum atomic E-state index is -1.31. The molecule has 0 aromatic carbocycles. The van der Waals surface area contributed by atoms with E-state index >= 15 is 0 Å². The van der Waals surface area contributed by atoms with Crippen LogP contribution < -0.4 is 10.6 Å². The number of fused-ring (bicyclic) bond motifs is 2. The summed E-state index contributed by atoms with van der Waals surface area (Å²) in [5, 5.41) is 23.7. The molecule has 3 aromatic rings. The average molecular weight is 659 g/mol. The number of aliphatic carboxylic acids is 2. The molecule has 5 atom stereocenters. The molecule has 2 saturated carbocycles. The van der Waals surface area contributed by atoms with Crippen LogP contribution in [0.1, 0.15) is 48.8 Å². The highest BCUT2D eigenvalue weighted by atomic mass is 35.5. The van der Waals surface area contributed by atoms with Gasteiger partial charge in [0.2, 0.25) is 11.7 Å². The Kier molecular flexibility index (Phi) is 8.94. The molecule has 2 fully saturated rings. The smallest absolute Gasteiger partial charge is 0.306 e. The largest absolute Gasteiger partial charge is 0.481 e. The lowest BCUT2D eigenvalue weighted by Gasteiger charge is -2.31. The second-order valence-electron chi connectivity index (χ2n) is 10.4. The predicted molar refractivity (Wildman–Crippen MR) is 157 cm³/mol. The molecule has 1 unspecified atom stereocenters. The zero-order valence-electron chi connectivity index (χ0n) is 23.9. The van der Waals surface area contributed by atoms with E-state index in [1.54, 1.807) is 23.7 Å². The van der Waals surface area contributed by atoms with Gasteiger partial charge in [0.05, 0.1) is 52.7 Å². The molecule has 45 heavy (non-hydrogen) atoms. The van der Waals surface area contributed by atoms with Crippen LogP contribution in [0, 0.1) is 23.2 Å². The Morgan fingerprint density at radius 3 is 2.33 bits per heavy atom. The van der Waals surface area contributed by atoms with Crippen molar-refractivity contribution in [1.29, 1.82) is 0 Å². The maximum absolute atomic E-state index is 13.3. The highest BCUT2D eigenvalue weighted by Gasteiger charge is 2.78. The number of hydrogen-bond acceptors (Lipinski definition) is 12. The molecule has 4 N–H and O–H groups in total. The second kappa shape index (κ2) is 12.7. The van der Waals surface area contributed by atoms with E-state index in [0.717, 1.165) is 0 Å². The van der Waals surface area contributed by atoms with E-state index in [-0.39, 0.29) is 17.9 Å². The fraction of sp³-hybridized carbons (Fsp3) is 0.429. The third-order valence-electron chi connectivity index (χ3n) is 7.73. The molecule has 2 aliphatic carbocycles. The second-order valence-corrected chi connectivity index (χ2v) is 12.1. The standard InChI is InChI=1S/C28H27ClN6O9S/c1-30-25-21-26(34-16(33-25)6-4-13-3-5-15(29)45-13)35(12-32-21)22-14-11-28(14,27(42)31-2)24(44-20(41)10-8-18(38)39)23(22)43-19(40)9-7-17(36)37/h3,5,12,14,22-24H,7-11H2,1-2H3,(H,31,42)(H,36,37)(H,38,39)(H,30,33,34)/t14?,22-,23+,24+,28+/m1/s1. The number of nitrogens with one attached hydrogen (secondary N) is 2. The van der Waals surface area contributed by atoms with E-state index < -0.39 is 85.1 Å². The van der Waals surface area contributed by atoms with E-state index in [4.69, 9.17) is 31.3 Å². The van der Waals surface area contributed by atoms with Crippen molar-refractivity contribution < 1.29 is 43.7 Å². The van der Waals surface area contributed by atoms with Gasteiger partial charge in [0.15, 0.2) is 29.2 Å². The van der Waals surface area contributed by atoms with Crippen molar-refractivity contribution in [2.24, 2.45) is 11.3 Å². The molecule has 5 rings (SSSR count). The van der Waals surface area contributed by atoms with Gasteiger partial charge in [0, 0.05) is 20.0 Å². The van der Waals surface area contributed by atoms with Gasteiger partial charge in [-0.2, -0.15) is 0 Å². The Bertz CT molecular complexity index is 1760. The highest BCUT2D eigenvalue weighted by molar-refractivity contribution is 7.16. The molecule has 236 valence electrons. The number of rotatable bonds is 11. The lowest BCUT2D eigenvalue weighted by atomic mass is 9.97. The zero-order chi connectivity index (χ0) is 32.5. The number of ether oxygens (including phenoxy) is 2. The van der Waals surface area contributed by atoms with Crippen molar-refractivity contribution in [1.82, 2.24) is 24.8 Å². The molecule has 1 amide bonds. The molecule has 0 spiro atoms. The van der Waals surface area contributed by atoms with E-state index in [9.17, 15) is 24.0 Å². The highest BCUT2D eigenvalue weighted by Crippen LogP contribution is 2.69. The summed E-state index contributed by atoms with van der Waals surface area (Å²) in [5.41, 5.74) is -0.673. The Balaban J connectivity index is 1.59. The minimum absolute atomic E-state index is 0.135. The molecule has 3 aromatic heterocycles. The number of esters is 2. The Morgan fingerprint density at radius 2 is 1.73 bits per heavy atom. The van der Waals surface area contributed by atoms with Crippen molar-refractivity contribution in [3.05, 3.63) is 33.5 Å². The summed E-state index contributed by atoms with van der Waals surface area (Å²) < 4.78 is 13.7. The topological polar surface area (TPSA) is 212 Å². The molecule has 15 nitrogen and oxygen atoms in total. The molecular weight excluding hydrogens is 632 g/mol. The lowest BCUT2D eigenvalue weighted by molar-refractivity contribution is -0.175. The summed E-state index contributed by atoms with van der Waals surface area (Å²) in [5.74, 6) is 1.15. The summed E-state index contributed by atoms with van der Waals surface area (Å²) in [4.78, 5) is 75.4. The number of carboxylic acids is 2. The summed E-state index contributed by atoms with van der Waals surface area (Å²) in [6.07, 6.45) is -2.86. The number of thiophene rings is 1. The fourth-order valence-electron chi connectivity index (χ4n) is 5.73. The van der Waals surface area contributed by atoms with E-state index in [1.807, 2.05) is 0 Å². The van der Waals surface area contributed by atoms with Gasteiger partial charge in [-0.05, 0) is 30.4 Å². The van der Waals surface area contributed by atoms with Gasteiger partial charge >= 0.3 is 23.9 Å². The molecule has 0 radical (unpaired) electrons. The zero-order valence-corrected chi connectivity index (χ0v) is 25.5. The fourth-order valence-corrected chi connectivity index (χ4v) is 6.63. The van der Waals surface area contributed by atoms with Crippen LogP contribution in [-0.4, -0.2) is 85.8 Å². The van der Waals surface area contributed by atoms with Gasteiger partial charge in [-0.1, -0.05) is 11.6 Å². The van der Waals surface area contributed by atoms with E-state index in [0.29, 0.717) is 20.5 Å².